The molecule has 0 radical (unpaired) electrons. The lowest BCUT2D eigenvalue weighted by Gasteiger charge is -2.02. The molecule has 2 aromatic heterocycles. The number of hydrogen-bond acceptors (Lipinski definition) is 6. The summed E-state index contributed by atoms with van der Waals surface area (Å²) in [6.45, 7) is 1.60. The quantitative estimate of drug-likeness (QED) is 0.501. The summed E-state index contributed by atoms with van der Waals surface area (Å²) in [4.78, 5) is 34.6. The summed E-state index contributed by atoms with van der Waals surface area (Å²) in [5.41, 5.74) is 4.63. The summed E-state index contributed by atoms with van der Waals surface area (Å²) in [5, 5.41) is 0. The zero-order chi connectivity index (χ0) is 16.8. The summed E-state index contributed by atoms with van der Waals surface area (Å²) < 4.78 is 14.8. The van der Waals surface area contributed by atoms with Gasteiger partial charge < -0.3 is 13.6 Å². The summed E-state index contributed by atoms with van der Waals surface area (Å²) in [5.74, 6) is -0.949. The van der Waals surface area contributed by atoms with E-state index in [1.807, 2.05) is 0 Å². The van der Waals surface area contributed by atoms with Gasteiger partial charge in [-0.1, -0.05) is 0 Å². The van der Waals surface area contributed by atoms with E-state index >= 15 is 0 Å². The maximum absolute atomic E-state index is 11.6. The van der Waals surface area contributed by atoms with Gasteiger partial charge in [0, 0.05) is 6.08 Å². The Labute approximate surface area is 131 Å². The molecule has 0 saturated heterocycles. The molecule has 120 valence electrons. The SMILES string of the molecule is COC(=O)c1cc(/C=C/C(=O)NNC(=O)c2ccco2)oc1C. The van der Waals surface area contributed by atoms with Crippen LogP contribution in [0.25, 0.3) is 6.08 Å². The molecule has 0 aliphatic rings. The smallest absolute Gasteiger partial charge is 0.341 e. The number of furan rings is 2. The van der Waals surface area contributed by atoms with Gasteiger partial charge in [-0.05, 0) is 31.2 Å². The summed E-state index contributed by atoms with van der Waals surface area (Å²) in [6.07, 6.45) is 3.84. The molecule has 0 bridgehead atoms. The van der Waals surface area contributed by atoms with Crippen LogP contribution < -0.4 is 10.9 Å². The van der Waals surface area contributed by atoms with Crippen LogP contribution >= 0.6 is 0 Å². The third-order valence-corrected chi connectivity index (χ3v) is 2.79. The van der Waals surface area contributed by atoms with Gasteiger partial charge in [0.25, 0.3) is 5.91 Å². The topological polar surface area (TPSA) is 111 Å². The van der Waals surface area contributed by atoms with Crippen molar-refractivity contribution in [2.24, 2.45) is 0 Å². The number of carbonyl (C=O) groups is 3. The first-order valence-electron chi connectivity index (χ1n) is 6.52. The Morgan fingerprint density at radius 2 is 2.04 bits per heavy atom. The number of aryl methyl sites for hydroxylation is 1. The molecule has 0 aliphatic heterocycles. The highest BCUT2D eigenvalue weighted by molar-refractivity contribution is 5.96. The predicted octanol–water partition coefficient (Wildman–Crippen LogP) is 1.44. The van der Waals surface area contributed by atoms with Crippen LogP contribution in [0.2, 0.25) is 0 Å². The summed E-state index contributed by atoms with van der Waals surface area (Å²) in [7, 11) is 1.26. The standard InChI is InChI=1S/C15H14N2O6/c1-9-11(15(20)21-2)8-10(23-9)5-6-13(18)16-17-14(19)12-4-3-7-22-12/h3-8H,1-2H3,(H,16,18)(H,17,19)/b6-5+. The lowest BCUT2D eigenvalue weighted by atomic mass is 10.2. The van der Waals surface area contributed by atoms with E-state index in [4.69, 9.17) is 8.83 Å². The first-order chi connectivity index (χ1) is 11.0. The highest BCUT2D eigenvalue weighted by atomic mass is 16.5. The fourth-order valence-corrected chi connectivity index (χ4v) is 1.69. The molecular formula is C15H14N2O6. The highest BCUT2D eigenvalue weighted by Crippen LogP contribution is 2.16. The fraction of sp³-hybridized carbons (Fsp3) is 0.133. The molecule has 8 heteroatoms. The molecule has 0 atom stereocenters. The van der Waals surface area contributed by atoms with Crippen molar-refractivity contribution in [3.05, 3.63) is 53.4 Å². The Bertz CT molecular complexity index is 742. The van der Waals surface area contributed by atoms with Gasteiger partial charge in [-0.15, -0.1) is 0 Å². The fourth-order valence-electron chi connectivity index (χ4n) is 1.69. The van der Waals surface area contributed by atoms with E-state index in [1.54, 1.807) is 13.0 Å². The van der Waals surface area contributed by atoms with E-state index in [0.29, 0.717) is 11.5 Å². The molecule has 0 fully saturated rings. The number of carbonyl (C=O) groups excluding carboxylic acids is 3. The van der Waals surface area contributed by atoms with E-state index in [9.17, 15) is 14.4 Å². The van der Waals surface area contributed by atoms with E-state index in [-0.39, 0.29) is 11.3 Å². The minimum atomic E-state index is -0.585. The zero-order valence-electron chi connectivity index (χ0n) is 12.4. The van der Waals surface area contributed by atoms with Gasteiger partial charge in [0.05, 0.1) is 13.4 Å². The zero-order valence-corrected chi connectivity index (χ0v) is 12.4. The van der Waals surface area contributed by atoms with Crippen LogP contribution in [0.3, 0.4) is 0 Å². The molecule has 2 rings (SSSR count). The minimum absolute atomic E-state index is 0.0682. The monoisotopic (exact) mass is 318 g/mol. The van der Waals surface area contributed by atoms with Crippen LogP contribution in [-0.4, -0.2) is 24.9 Å². The molecule has 2 N–H and O–H groups in total. The number of rotatable bonds is 4. The Kier molecular flexibility index (Phi) is 4.98. The van der Waals surface area contributed by atoms with Gasteiger partial charge in [-0.25, -0.2) is 4.79 Å². The van der Waals surface area contributed by atoms with E-state index in [2.05, 4.69) is 15.6 Å². The number of ether oxygens (including phenoxy) is 1. The molecule has 0 saturated carbocycles. The van der Waals surface area contributed by atoms with Gasteiger partial charge in [0.2, 0.25) is 0 Å². The van der Waals surface area contributed by atoms with Crippen LogP contribution in [0.5, 0.6) is 0 Å². The molecule has 0 aromatic carbocycles. The minimum Gasteiger partial charge on any atom is -0.465 e. The lowest BCUT2D eigenvalue weighted by Crippen LogP contribution is -2.40. The van der Waals surface area contributed by atoms with Crippen molar-refractivity contribution in [3.63, 3.8) is 0 Å². The van der Waals surface area contributed by atoms with E-state index in [1.165, 1.54) is 31.6 Å². The van der Waals surface area contributed by atoms with Crippen LogP contribution in [-0.2, 0) is 9.53 Å². The van der Waals surface area contributed by atoms with Crippen LogP contribution in [0.15, 0.2) is 39.4 Å². The average molecular weight is 318 g/mol. The Hall–Kier alpha value is -3.29. The van der Waals surface area contributed by atoms with Crippen molar-refractivity contribution in [2.75, 3.05) is 7.11 Å². The Morgan fingerprint density at radius 1 is 1.26 bits per heavy atom. The van der Waals surface area contributed by atoms with Crippen LogP contribution in [0.4, 0.5) is 0 Å². The second-order valence-corrected chi connectivity index (χ2v) is 4.36. The first-order valence-corrected chi connectivity index (χ1v) is 6.52. The maximum atomic E-state index is 11.6. The van der Waals surface area contributed by atoms with Crippen molar-refractivity contribution in [2.45, 2.75) is 6.92 Å². The molecule has 2 aromatic rings. The normalized spacial score (nSPS) is 10.5. The van der Waals surface area contributed by atoms with Crippen LogP contribution in [0.1, 0.15) is 32.4 Å². The van der Waals surface area contributed by atoms with Crippen LogP contribution in [0, 0.1) is 6.92 Å². The second kappa shape index (κ2) is 7.12. The predicted molar refractivity (Wildman–Crippen MR) is 78.1 cm³/mol. The lowest BCUT2D eigenvalue weighted by molar-refractivity contribution is -0.117. The molecular weight excluding hydrogens is 304 g/mol. The number of methoxy groups -OCH3 is 1. The number of nitrogens with one attached hydrogen (secondary N) is 2. The third-order valence-electron chi connectivity index (χ3n) is 2.79. The second-order valence-electron chi connectivity index (χ2n) is 4.36. The molecule has 2 heterocycles. The first kappa shape index (κ1) is 16.1. The van der Waals surface area contributed by atoms with Crippen molar-refractivity contribution in [1.29, 1.82) is 0 Å². The van der Waals surface area contributed by atoms with Crippen molar-refractivity contribution in [1.82, 2.24) is 10.9 Å². The van der Waals surface area contributed by atoms with Gasteiger partial charge in [0.15, 0.2) is 5.76 Å². The third kappa shape index (κ3) is 4.10. The van der Waals surface area contributed by atoms with Crippen molar-refractivity contribution < 1.29 is 28.0 Å². The number of hydrogen-bond donors (Lipinski definition) is 2. The van der Waals surface area contributed by atoms with Crippen molar-refractivity contribution >= 4 is 23.9 Å². The van der Waals surface area contributed by atoms with E-state index in [0.717, 1.165) is 6.08 Å². The Morgan fingerprint density at radius 3 is 2.70 bits per heavy atom. The molecule has 0 spiro atoms. The van der Waals surface area contributed by atoms with Gasteiger partial charge in [-0.2, -0.15) is 0 Å². The van der Waals surface area contributed by atoms with Gasteiger partial charge in [0.1, 0.15) is 17.1 Å². The van der Waals surface area contributed by atoms with Gasteiger partial charge in [-0.3, -0.25) is 20.4 Å². The summed E-state index contributed by atoms with van der Waals surface area (Å²) in [6, 6.07) is 4.46. The molecule has 0 aliphatic carbocycles. The average Bonchev–Trinajstić information content (AvgIpc) is 3.19. The number of amides is 2. The van der Waals surface area contributed by atoms with Crippen molar-refractivity contribution in [3.8, 4) is 0 Å². The largest absolute Gasteiger partial charge is 0.465 e. The Balaban J connectivity index is 1.91. The molecule has 0 unspecified atom stereocenters. The maximum Gasteiger partial charge on any atom is 0.341 e. The summed E-state index contributed by atoms with van der Waals surface area (Å²) >= 11 is 0. The van der Waals surface area contributed by atoms with E-state index < -0.39 is 17.8 Å². The number of hydrazine groups is 1. The molecule has 2 amide bonds. The van der Waals surface area contributed by atoms with Gasteiger partial charge >= 0.3 is 11.9 Å². The number of esters is 1. The highest BCUT2D eigenvalue weighted by Gasteiger charge is 2.14. The molecule has 8 nitrogen and oxygen atoms in total. The molecule has 23 heavy (non-hydrogen) atoms.